The highest BCUT2D eigenvalue weighted by Gasteiger charge is 2.61. The lowest BCUT2D eigenvalue weighted by Gasteiger charge is -2.61. The Morgan fingerprint density at radius 1 is 1.06 bits per heavy atom. The number of hydrogen-bond acceptors (Lipinski definition) is 3. The second kappa shape index (κ2) is 7.85. The van der Waals surface area contributed by atoms with Gasteiger partial charge in [-0.05, 0) is 91.6 Å². The van der Waals surface area contributed by atoms with Gasteiger partial charge in [0, 0.05) is 51.1 Å². The van der Waals surface area contributed by atoms with E-state index in [9.17, 15) is 9.59 Å². The second-order valence-corrected chi connectivity index (χ2v) is 11.7. The number of hydrogen-bond donors (Lipinski definition) is 0. The fraction of sp³-hybridized carbons (Fsp3) is 0.741. The van der Waals surface area contributed by atoms with Gasteiger partial charge in [0.1, 0.15) is 0 Å². The van der Waals surface area contributed by atoms with Crippen LogP contribution in [0.4, 0.5) is 5.69 Å². The number of piperidine rings is 1. The van der Waals surface area contributed by atoms with E-state index in [-0.39, 0.29) is 16.7 Å². The van der Waals surface area contributed by atoms with E-state index in [0.717, 1.165) is 36.3 Å². The number of rotatable bonds is 3. The van der Waals surface area contributed by atoms with Crippen LogP contribution in [-0.4, -0.2) is 41.8 Å². The Bertz CT molecular complexity index is 888. The van der Waals surface area contributed by atoms with Gasteiger partial charge in [-0.15, -0.1) is 0 Å². The van der Waals surface area contributed by atoms with Crippen LogP contribution in [0, 0.1) is 34.5 Å². The maximum absolute atomic E-state index is 13.2. The molecule has 5 nitrogen and oxygen atoms in total. The quantitative estimate of drug-likeness (QED) is 0.675. The predicted molar refractivity (Wildman–Crippen MR) is 126 cm³/mol. The van der Waals surface area contributed by atoms with Crippen molar-refractivity contribution >= 4 is 17.5 Å². The van der Waals surface area contributed by atoms with Crippen molar-refractivity contribution in [2.24, 2.45) is 34.5 Å². The Morgan fingerprint density at radius 2 is 1.78 bits per heavy atom. The Balaban J connectivity index is 1.32. The van der Waals surface area contributed by atoms with Gasteiger partial charge in [0.05, 0.1) is 0 Å². The van der Waals surface area contributed by atoms with Crippen LogP contribution >= 0.6 is 0 Å². The van der Waals surface area contributed by atoms with E-state index in [2.05, 4.69) is 23.7 Å². The van der Waals surface area contributed by atoms with Crippen molar-refractivity contribution in [3.05, 3.63) is 24.5 Å². The van der Waals surface area contributed by atoms with Crippen LogP contribution in [0.3, 0.4) is 0 Å². The average molecular weight is 438 g/mol. The lowest BCUT2D eigenvalue weighted by Crippen LogP contribution is -2.61. The minimum absolute atomic E-state index is 0.230. The molecule has 0 bridgehead atoms. The zero-order chi connectivity index (χ0) is 22.7. The zero-order valence-corrected chi connectivity index (χ0v) is 20.2. The molecule has 1 aliphatic heterocycles. The van der Waals surface area contributed by atoms with E-state index >= 15 is 0 Å². The number of carbonyl (C=O) groups is 2. The van der Waals surface area contributed by atoms with Crippen molar-refractivity contribution in [2.45, 2.75) is 77.7 Å². The molecule has 5 rings (SSSR count). The molecular formula is C27H39N3O2. The fourth-order valence-electron chi connectivity index (χ4n) is 8.65. The summed E-state index contributed by atoms with van der Waals surface area (Å²) in [5.41, 5.74) is 1.47. The summed E-state index contributed by atoms with van der Waals surface area (Å²) in [4.78, 5) is 33.5. The van der Waals surface area contributed by atoms with Gasteiger partial charge >= 0.3 is 0 Å². The van der Waals surface area contributed by atoms with Gasteiger partial charge in [-0.1, -0.05) is 13.8 Å². The standard InChI is InChI=1S/C27H39N3O2/c1-26-13-9-22-20(6-8-23-27(22,2)14-10-24(31)30(23)4)21(26)7-5-18(26)17-25(32)29(3)19-11-15-28-16-12-19/h11-12,15-16,18,20-23H,5-10,13-14,17H2,1-4H3/t18-,20+,21+,22+,23?,26-,27-/m1/s1. The summed E-state index contributed by atoms with van der Waals surface area (Å²) in [6.07, 6.45) is 13.3. The third-order valence-corrected chi connectivity index (χ3v) is 10.6. The van der Waals surface area contributed by atoms with Gasteiger partial charge < -0.3 is 9.80 Å². The molecule has 0 radical (unpaired) electrons. The lowest BCUT2D eigenvalue weighted by molar-refractivity contribution is -0.158. The van der Waals surface area contributed by atoms with Crippen molar-refractivity contribution in [1.82, 2.24) is 9.88 Å². The largest absolute Gasteiger partial charge is 0.342 e. The lowest BCUT2D eigenvalue weighted by atomic mass is 9.46. The topological polar surface area (TPSA) is 53.5 Å². The van der Waals surface area contributed by atoms with E-state index in [1.165, 1.54) is 32.1 Å². The van der Waals surface area contributed by atoms with E-state index in [4.69, 9.17) is 0 Å². The first-order chi connectivity index (χ1) is 15.3. The summed E-state index contributed by atoms with van der Waals surface area (Å²) < 4.78 is 0. The minimum atomic E-state index is 0.230. The maximum Gasteiger partial charge on any atom is 0.227 e. The first-order valence-electron chi connectivity index (χ1n) is 12.7. The number of likely N-dealkylation sites (tertiary alicyclic amines) is 1. The van der Waals surface area contributed by atoms with Crippen LogP contribution in [0.15, 0.2) is 24.5 Å². The number of carbonyl (C=O) groups excluding carboxylic acids is 2. The molecule has 0 aromatic carbocycles. The van der Waals surface area contributed by atoms with E-state index in [1.54, 1.807) is 12.4 Å². The third-order valence-electron chi connectivity index (χ3n) is 10.6. The molecule has 0 spiro atoms. The van der Waals surface area contributed by atoms with Crippen LogP contribution in [0.2, 0.25) is 0 Å². The molecule has 2 amide bonds. The highest BCUT2D eigenvalue weighted by molar-refractivity contribution is 5.92. The molecule has 1 unspecified atom stereocenters. The number of nitrogens with zero attached hydrogens (tertiary/aromatic N) is 3. The van der Waals surface area contributed by atoms with Crippen molar-refractivity contribution in [3.8, 4) is 0 Å². The van der Waals surface area contributed by atoms with Gasteiger partial charge in [0.15, 0.2) is 0 Å². The summed E-state index contributed by atoms with van der Waals surface area (Å²) in [7, 11) is 3.93. The molecule has 4 aliphatic rings. The Morgan fingerprint density at radius 3 is 2.53 bits per heavy atom. The first kappa shape index (κ1) is 21.9. The normalized spacial score (nSPS) is 40.9. The van der Waals surface area contributed by atoms with Crippen LogP contribution in [0.1, 0.15) is 71.6 Å². The smallest absolute Gasteiger partial charge is 0.227 e. The molecule has 7 atom stereocenters. The average Bonchev–Trinajstić information content (AvgIpc) is 3.13. The minimum Gasteiger partial charge on any atom is -0.342 e. The van der Waals surface area contributed by atoms with E-state index in [1.807, 2.05) is 31.1 Å². The van der Waals surface area contributed by atoms with Crippen molar-refractivity contribution in [3.63, 3.8) is 0 Å². The highest BCUT2D eigenvalue weighted by atomic mass is 16.2. The summed E-state index contributed by atoms with van der Waals surface area (Å²) in [5, 5.41) is 0. The molecule has 1 aromatic heterocycles. The Labute approximate surface area is 192 Å². The first-order valence-corrected chi connectivity index (χ1v) is 12.7. The van der Waals surface area contributed by atoms with Gasteiger partial charge in [0.2, 0.25) is 11.8 Å². The van der Waals surface area contributed by atoms with Crippen molar-refractivity contribution < 1.29 is 9.59 Å². The Hall–Kier alpha value is -1.91. The number of amides is 2. The molecule has 32 heavy (non-hydrogen) atoms. The molecule has 1 aromatic rings. The Kier molecular flexibility index (Phi) is 5.37. The molecule has 3 aliphatic carbocycles. The number of pyridine rings is 1. The molecule has 5 heteroatoms. The zero-order valence-electron chi connectivity index (χ0n) is 20.2. The van der Waals surface area contributed by atoms with E-state index < -0.39 is 0 Å². The SMILES string of the molecule is CN(C(=O)C[C@H]1CC[C@H]2[C@@H]3CCC4N(C)C(=O)CC[C@]4(C)[C@H]3CC[C@]12C)c1ccncc1. The molecule has 1 saturated heterocycles. The number of anilines is 1. The van der Waals surface area contributed by atoms with Gasteiger partial charge in [0.25, 0.3) is 0 Å². The summed E-state index contributed by atoms with van der Waals surface area (Å²) in [6.45, 7) is 4.98. The summed E-state index contributed by atoms with van der Waals surface area (Å²) in [6, 6.07) is 4.24. The van der Waals surface area contributed by atoms with Crippen LogP contribution in [-0.2, 0) is 9.59 Å². The number of fused-ring (bicyclic) bond motifs is 5. The monoisotopic (exact) mass is 437 g/mol. The predicted octanol–water partition coefficient (Wildman–Crippen LogP) is 4.91. The molecular weight excluding hydrogens is 398 g/mol. The van der Waals surface area contributed by atoms with Crippen LogP contribution in [0.5, 0.6) is 0 Å². The summed E-state index contributed by atoms with van der Waals surface area (Å²) >= 11 is 0. The second-order valence-electron chi connectivity index (χ2n) is 11.7. The van der Waals surface area contributed by atoms with Crippen LogP contribution < -0.4 is 4.90 Å². The highest BCUT2D eigenvalue weighted by Crippen LogP contribution is 2.66. The van der Waals surface area contributed by atoms with Crippen LogP contribution in [0.25, 0.3) is 0 Å². The van der Waals surface area contributed by atoms with E-state index in [0.29, 0.717) is 30.7 Å². The van der Waals surface area contributed by atoms with Crippen molar-refractivity contribution in [2.75, 3.05) is 19.0 Å². The van der Waals surface area contributed by atoms with Gasteiger partial charge in [-0.25, -0.2) is 0 Å². The van der Waals surface area contributed by atoms with Gasteiger partial charge in [-0.2, -0.15) is 0 Å². The molecule has 4 fully saturated rings. The number of aromatic nitrogens is 1. The molecule has 174 valence electrons. The van der Waals surface area contributed by atoms with Crippen molar-refractivity contribution in [1.29, 1.82) is 0 Å². The van der Waals surface area contributed by atoms with Gasteiger partial charge in [-0.3, -0.25) is 14.6 Å². The molecule has 2 heterocycles. The fourth-order valence-corrected chi connectivity index (χ4v) is 8.65. The third kappa shape index (κ3) is 3.21. The molecule has 0 N–H and O–H groups in total. The maximum atomic E-state index is 13.2. The molecule has 3 saturated carbocycles. The summed E-state index contributed by atoms with van der Waals surface area (Å²) in [5.74, 6) is 3.26.